The number of H-pyrrole nitrogens is 1. The minimum absolute atomic E-state index is 0.318. The molecule has 0 radical (unpaired) electrons. The Morgan fingerprint density at radius 3 is 2.52 bits per heavy atom. The Hall–Kier alpha value is -3.23. The minimum Gasteiger partial charge on any atom is -0.380 e. The van der Waals surface area contributed by atoms with Crippen LogP contribution in [0.2, 0.25) is 0 Å². The molecule has 4 rings (SSSR count). The number of rotatable bonds is 5. The van der Waals surface area contributed by atoms with E-state index in [-0.39, 0.29) is 0 Å². The maximum Gasteiger partial charge on any atom is 0.183 e. The number of hydrogen-bond donors (Lipinski definition) is 4. The summed E-state index contributed by atoms with van der Waals surface area (Å²) in [5, 5.41) is 17.1. The lowest BCUT2D eigenvalue weighted by Gasteiger charge is -2.10. The van der Waals surface area contributed by atoms with E-state index in [0.717, 1.165) is 27.9 Å². The monoisotopic (exact) mass is 378 g/mol. The van der Waals surface area contributed by atoms with Gasteiger partial charge in [-0.15, -0.1) is 0 Å². The second-order valence-corrected chi connectivity index (χ2v) is 7.79. The number of benzene rings is 2. The normalized spacial score (nSPS) is 13.4. The smallest absolute Gasteiger partial charge is 0.183 e. The van der Waals surface area contributed by atoms with E-state index in [9.17, 15) is 4.21 Å². The van der Waals surface area contributed by atoms with E-state index in [2.05, 4.69) is 20.5 Å². The first-order valence-electron chi connectivity index (χ1n) is 8.30. The summed E-state index contributed by atoms with van der Waals surface area (Å²) in [6.45, 7) is 0.558. The van der Waals surface area contributed by atoms with Gasteiger partial charge in [0.25, 0.3) is 0 Å². The van der Waals surface area contributed by atoms with Gasteiger partial charge in [-0.25, -0.2) is 19.1 Å². The van der Waals surface area contributed by atoms with Crippen LogP contribution in [0.25, 0.3) is 22.3 Å². The van der Waals surface area contributed by atoms with Gasteiger partial charge in [-0.1, -0.05) is 42.5 Å². The fourth-order valence-corrected chi connectivity index (χ4v) is 3.45. The van der Waals surface area contributed by atoms with Gasteiger partial charge in [0.05, 0.1) is 16.0 Å². The van der Waals surface area contributed by atoms with Crippen molar-refractivity contribution >= 4 is 26.6 Å². The van der Waals surface area contributed by atoms with Crippen molar-refractivity contribution in [2.45, 2.75) is 11.4 Å². The molecule has 4 aromatic rings. The second kappa shape index (κ2) is 6.82. The van der Waals surface area contributed by atoms with Gasteiger partial charge in [-0.3, -0.25) is 5.10 Å². The zero-order valence-corrected chi connectivity index (χ0v) is 15.2. The Balaban J connectivity index is 1.64. The highest BCUT2D eigenvalue weighted by Gasteiger charge is 2.12. The molecule has 0 amide bonds. The van der Waals surface area contributed by atoms with E-state index < -0.39 is 9.92 Å². The highest BCUT2D eigenvalue weighted by Crippen LogP contribution is 2.31. The van der Waals surface area contributed by atoms with Gasteiger partial charge in [-0.05, 0) is 23.8 Å². The summed E-state index contributed by atoms with van der Waals surface area (Å²) in [7, 11) is -3.19. The summed E-state index contributed by atoms with van der Waals surface area (Å²) in [5.41, 5.74) is 4.49. The molecular formula is C19H18N6OS. The topological polar surface area (TPSA) is 121 Å². The molecule has 0 aliphatic carbocycles. The van der Waals surface area contributed by atoms with E-state index in [1.165, 1.54) is 0 Å². The van der Waals surface area contributed by atoms with Crippen molar-refractivity contribution in [2.75, 3.05) is 5.32 Å². The first-order chi connectivity index (χ1) is 13.0. The van der Waals surface area contributed by atoms with Crippen LogP contribution in [0.3, 0.4) is 0 Å². The molecule has 5 N–H and O–H groups in total. The van der Waals surface area contributed by atoms with Crippen molar-refractivity contribution in [3.05, 3.63) is 72.4 Å². The maximum absolute atomic E-state index is 11.6. The second-order valence-electron chi connectivity index (χ2n) is 6.12. The third kappa shape index (κ3) is 3.53. The van der Waals surface area contributed by atoms with Gasteiger partial charge in [0.2, 0.25) is 0 Å². The molecule has 0 fully saturated rings. The van der Waals surface area contributed by atoms with Crippen LogP contribution < -0.4 is 10.5 Å². The average molecular weight is 378 g/mol. The Morgan fingerprint density at radius 1 is 1.07 bits per heavy atom. The molecule has 0 spiro atoms. The van der Waals surface area contributed by atoms with Crippen LogP contribution in [0.1, 0.15) is 5.56 Å². The van der Waals surface area contributed by atoms with Gasteiger partial charge in [-0.2, -0.15) is 5.10 Å². The Bertz CT molecular complexity index is 1180. The molecule has 1 unspecified atom stereocenters. The summed E-state index contributed by atoms with van der Waals surface area (Å²) in [6, 6.07) is 18.8. The molecule has 0 aliphatic heterocycles. The van der Waals surface area contributed by atoms with E-state index in [0.29, 0.717) is 17.1 Å². The van der Waals surface area contributed by atoms with Crippen molar-refractivity contribution in [3.63, 3.8) is 0 Å². The maximum atomic E-state index is 11.6. The molecule has 7 nitrogen and oxygen atoms in total. The molecular weight excluding hydrogens is 360 g/mol. The van der Waals surface area contributed by atoms with Gasteiger partial charge in [0, 0.05) is 24.0 Å². The molecule has 2 aromatic heterocycles. The zero-order valence-electron chi connectivity index (χ0n) is 14.3. The van der Waals surface area contributed by atoms with Crippen molar-refractivity contribution in [3.8, 4) is 11.3 Å². The van der Waals surface area contributed by atoms with Crippen LogP contribution in [-0.2, 0) is 16.5 Å². The predicted molar refractivity (Wildman–Crippen MR) is 106 cm³/mol. The summed E-state index contributed by atoms with van der Waals surface area (Å²) < 4.78 is 19.0. The molecule has 27 heavy (non-hydrogen) atoms. The van der Waals surface area contributed by atoms with Crippen molar-refractivity contribution in [2.24, 2.45) is 5.14 Å². The summed E-state index contributed by atoms with van der Waals surface area (Å²) in [6.07, 6.45) is 1.72. The quantitative estimate of drug-likeness (QED) is 0.424. The molecule has 1 atom stereocenters. The first kappa shape index (κ1) is 17.2. The van der Waals surface area contributed by atoms with E-state index >= 15 is 0 Å². The first-order valence-corrected chi connectivity index (χ1v) is 9.92. The number of hydrogen-bond acceptors (Lipinski definition) is 5. The van der Waals surface area contributed by atoms with Crippen LogP contribution in [0.5, 0.6) is 0 Å². The molecule has 0 aliphatic rings. The van der Waals surface area contributed by atoms with Gasteiger partial charge < -0.3 is 5.32 Å². The lowest BCUT2D eigenvalue weighted by molar-refractivity contribution is 0.676. The lowest BCUT2D eigenvalue weighted by atomic mass is 10.1. The number of nitrogens with one attached hydrogen (secondary N) is 3. The molecule has 0 saturated carbocycles. The van der Waals surface area contributed by atoms with Gasteiger partial charge >= 0.3 is 0 Å². The number of pyridine rings is 1. The lowest BCUT2D eigenvalue weighted by Crippen LogP contribution is -2.10. The average Bonchev–Trinajstić information content (AvgIpc) is 3.11. The van der Waals surface area contributed by atoms with Crippen LogP contribution >= 0.6 is 0 Å². The standard InChI is InChI=1S/C19H18N6OS/c20-27(21,26)15-8-6-13(7-9-15)12-23-16-10-11-22-19-17(16)18(24-25-19)14-4-2-1-3-5-14/h1-11H,12H2,(H3,20,21,26)(H2,22,23,24,25). The van der Waals surface area contributed by atoms with Crippen molar-refractivity contribution in [1.82, 2.24) is 15.2 Å². The molecule has 2 aromatic carbocycles. The number of aromatic nitrogens is 3. The minimum atomic E-state index is -3.19. The summed E-state index contributed by atoms with van der Waals surface area (Å²) >= 11 is 0. The predicted octanol–water partition coefficient (Wildman–Crippen LogP) is 3.52. The molecule has 2 heterocycles. The fourth-order valence-electron chi connectivity index (χ4n) is 2.91. The van der Waals surface area contributed by atoms with E-state index in [1.54, 1.807) is 18.3 Å². The third-order valence-electron chi connectivity index (χ3n) is 4.27. The van der Waals surface area contributed by atoms with E-state index in [1.807, 2.05) is 48.5 Å². The number of fused-ring (bicyclic) bond motifs is 1. The Morgan fingerprint density at radius 2 is 1.81 bits per heavy atom. The van der Waals surface area contributed by atoms with Crippen molar-refractivity contribution in [1.29, 1.82) is 4.78 Å². The number of nitrogens with two attached hydrogens (primary N) is 1. The van der Waals surface area contributed by atoms with Gasteiger partial charge in [0.1, 0.15) is 9.92 Å². The Kier molecular flexibility index (Phi) is 4.35. The van der Waals surface area contributed by atoms with Crippen LogP contribution in [0.15, 0.2) is 71.8 Å². The molecule has 8 heteroatoms. The molecule has 0 bridgehead atoms. The highest BCUT2D eigenvalue weighted by molar-refractivity contribution is 7.90. The largest absolute Gasteiger partial charge is 0.380 e. The van der Waals surface area contributed by atoms with Gasteiger partial charge in [0.15, 0.2) is 5.65 Å². The third-order valence-corrected chi connectivity index (χ3v) is 5.25. The fraction of sp³-hybridized carbons (Fsp3) is 0.0526. The summed E-state index contributed by atoms with van der Waals surface area (Å²) in [5.74, 6) is 0. The molecule has 0 saturated heterocycles. The van der Waals surface area contributed by atoms with E-state index in [4.69, 9.17) is 9.92 Å². The van der Waals surface area contributed by atoms with Crippen molar-refractivity contribution < 1.29 is 4.21 Å². The Labute approximate surface area is 156 Å². The number of anilines is 1. The van der Waals surface area contributed by atoms with Crippen LogP contribution in [-0.4, -0.2) is 19.4 Å². The number of aromatic amines is 1. The molecule has 136 valence electrons. The zero-order chi connectivity index (χ0) is 18.9. The highest BCUT2D eigenvalue weighted by atomic mass is 32.2. The van der Waals surface area contributed by atoms with Crippen LogP contribution in [0, 0.1) is 4.78 Å². The van der Waals surface area contributed by atoms with Crippen LogP contribution in [0.4, 0.5) is 5.69 Å². The number of nitrogens with zero attached hydrogens (tertiary/aromatic N) is 2. The summed E-state index contributed by atoms with van der Waals surface area (Å²) in [4.78, 5) is 4.65. The SMILES string of the molecule is N=S(N)(=O)c1ccc(CNc2ccnc3n[nH]c(-c4ccccc4)c23)cc1.